The molecular formula is C21H14F8N2O3. The molecule has 34 heavy (non-hydrogen) atoms. The number of hydrogen-bond donors (Lipinski definition) is 0. The molecule has 0 fully saturated rings. The van der Waals surface area contributed by atoms with E-state index in [1.807, 2.05) is 0 Å². The minimum Gasteiger partial charge on any atom is -0.490 e. The van der Waals surface area contributed by atoms with Gasteiger partial charge in [0.15, 0.2) is 41.4 Å². The second-order valence-corrected chi connectivity index (χ2v) is 6.82. The summed E-state index contributed by atoms with van der Waals surface area (Å²) in [5, 5.41) is 3.64. The van der Waals surface area contributed by atoms with E-state index in [0.29, 0.717) is 0 Å². The molecule has 0 saturated carbocycles. The predicted octanol–water partition coefficient (Wildman–Crippen LogP) is 5.53. The molecule has 1 aliphatic heterocycles. The highest BCUT2D eigenvalue weighted by atomic mass is 19.4. The Kier molecular flexibility index (Phi) is 6.84. The van der Waals surface area contributed by atoms with Crippen LogP contribution in [0.5, 0.6) is 11.5 Å². The first-order valence-corrected chi connectivity index (χ1v) is 9.45. The molecule has 182 valence electrons. The maximum absolute atomic E-state index is 14.1. The van der Waals surface area contributed by atoms with E-state index in [1.165, 1.54) is 19.1 Å². The Morgan fingerprint density at radius 1 is 0.941 bits per heavy atom. The van der Waals surface area contributed by atoms with Gasteiger partial charge in [-0.2, -0.15) is 23.3 Å². The van der Waals surface area contributed by atoms with E-state index in [1.54, 1.807) is 6.92 Å². The van der Waals surface area contributed by atoms with Crippen LogP contribution in [-0.4, -0.2) is 31.0 Å². The Morgan fingerprint density at radius 2 is 1.53 bits per heavy atom. The van der Waals surface area contributed by atoms with E-state index in [2.05, 4.69) is 5.10 Å². The van der Waals surface area contributed by atoms with Crippen molar-refractivity contribution in [2.24, 2.45) is 5.10 Å². The number of anilines is 1. The van der Waals surface area contributed by atoms with Gasteiger partial charge >= 0.3 is 6.18 Å². The number of halogens is 8. The molecule has 0 radical (unpaired) electrons. The number of carbonyl (C=O) groups excluding carboxylic acids is 1. The van der Waals surface area contributed by atoms with Crippen molar-refractivity contribution in [1.82, 2.24) is 0 Å². The summed E-state index contributed by atoms with van der Waals surface area (Å²) < 4.78 is 116. The maximum atomic E-state index is 14.1. The molecule has 0 saturated heterocycles. The lowest BCUT2D eigenvalue weighted by atomic mass is 10.1. The van der Waals surface area contributed by atoms with Crippen molar-refractivity contribution < 1.29 is 49.4 Å². The summed E-state index contributed by atoms with van der Waals surface area (Å²) in [6.45, 7) is 1.31. The van der Waals surface area contributed by atoms with Gasteiger partial charge in [-0.15, -0.1) is 0 Å². The lowest BCUT2D eigenvalue weighted by Crippen LogP contribution is -2.25. The van der Waals surface area contributed by atoms with Crippen LogP contribution < -0.4 is 14.5 Å². The third kappa shape index (κ3) is 4.82. The molecule has 2 aromatic rings. The average molecular weight is 494 g/mol. The van der Waals surface area contributed by atoms with Crippen LogP contribution in [0.3, 0.4) is 0 Å². The van der Waals surface area contributed by atoms with E-state index >= 15 is 0 Å². The van der Waals surface area contributed by atoms with Crippen LogP contribution in [0.1, 0.15) is 19.4 Å². The fraction of sp³-hybridized carbons (Fsp3) is 0.238. The summed E-state index contributed by atoms with van der Waals surface area (Å²) in [7, 11) is 0. The zero-order valence-corrected chi connectivity index (χ0v) is 17.4. The first kappa shape index (κ1) is 25.0. The lowest BCUT2D eigenvalue weighted by molar-refractivity contribution is -0.153. The van der Waals surface area contributed by atoms with Crippen molar-refractivity contribution in [2.75, 3.05) is 18.2 Å². The summed E-state index contributed by atoms with van der Waals surface area (Å²) in [4.78, 5) is 12.7. The highest BCUT2D eigenvalue weighted by molar-refractivity contribution is 6.32. The SMILES string of the molecule is CCOc1cc(/C=C2/C(=O)N(c3c(F)c(F)c(F)c(F)c3F)N=C2C)ccc1OCC(F)(F)F. The summed E-state index contributed by atoms with van der Waals surface area (Å²) in [6, 6.07) is 3.66. The quantitative estimate of drug-likeness (QED) is 0.230. The molecule has 0 atom stereocenters. The van der Waals surface area contributed by atoms with E-state index in [4.69, 9.17) is 9.47 Å². The first-order chi connectivity index (χ1) is 15.9. The highest BCUT2D eigenvalue weighted by Crippen LogP contribution is 2.35. The van der Waals surface area contributed by atoms with E-state index in [0.717, 1.165) is 12.1 Å². The van der Waals surface area contributed by atoms with E-state index < -0.39 is 53.5 Å². The zero-order valence-electron chi connectivity index (χ0n) is 17.4. The Morgan fingerprint density at radius 3 is 2.09 bits per heavy atom. The number of benzene rings is 2. The fourth-order valence-corrected chi connectivity index (χ4v) is 2.94. The molecule has 5 nitrogen and oxygen atoms in total. The lowest BCUT2D eigenvalue weighted by Gasteiger charge is -2.15. The summed E-state index contributed by atoms with van der Waals surface area (Å²) >= 11 is 0. The molecule has 1 heterocycles. The number of amides is 1. The van der Waals surface area contributed by atoms with Crippen molar-refractivity contribution in [3.8, 4) is 11.5 Å². The molecule has 0 spiro atoms. The van der Waals surface area contributed by atoms with Gasteiger partial charge in [0.25, 0.3) is 5.91 Å². The predicted molar refractivity (Wildman–Crippen MR) is 104 cm³/mol. The third-order valence-corrected chi connectivity index (χ3v) is 4.43. The molecule has 0 aliphatic carbocycles. The van der Waals surface area contributed by atoms with Gasteiger partial charge < -0.3 is 9.47 Å². The zero-order chi connectivity index (χ0) is 25.4. The van der Waals surface area contributed by atoms with Crippen molar-refractivity contribution in [2.45, 2.75) is 20.0 Å². The van der Waals surface area contributed by atoms with Crippen LogP contribution in [0.4, 0.5) is 40.8 Å². The van der Waals surface area contributed by atoms with Crippen LogP contribution in [0.15, 0.2) is 28.9 Å². The van der Waals surface area contributed by atoms with Crippen LogP contribution >= 0.6 is 0 Å². The molecular weight excluding hydrogens is 480 g/mol. The Balaban J connectivity index is 1.98. The Labute approximate surface area is 186 Å². The second-order valence-electron chi connectivity index (χ2n) is 6.82. The molecule has 2 aromatic carbocycles. The minimum absolute atomic E-state index is 0.0434. The highest BCUT2D eigenvalue weighted by Gasteiger charge is 2.37. The van der Waals surface area contributed by atoms with Gasteiger partial charge in [-0.1, -0.05) is 6.07 Å². The van der Waals surface area contributed by atoms with Crippen molar-refractivity contribution in [3.05, 3.63) is 58.4 Å². The fourth-order valence-electron chi connectivity index (χ4n) is 2.94. The minimum atomic E-state index is -4.60. The smallest absolute Gasteiger partial charge is 0.422 e. The van der Waals surface area contributed by atoms with Gasteiger partial charge in [0.05, 0.1) is 17.9 Å². The third-order valence-electron chi connectivity index (χ3n) is 4.43. The average Bonchev–Trinajstić information content (AvgIpc) is 3.03. The number of rotatable bonds is 6. The van der Waals surface area contributed by atoms with Gasteiger partial charge in [0.1, 0.15) is 5.69 Å². The van der Waals surface area contributed by atoms with Crippen molar-refractivity contribution in [1.29, 1.82) is 0 Å². The number of hydrogen-bond acceptors (Lipinski definition) is 4. The van der Waals surface area contributed by atoms with Crippen LogP contribution in [0.25, 0.3) is 6.08 Å². The van der Waals surface area contributed by atoms with Crippen LogP contribution in [0.2, 0.25) is 0 Å². The molecule has 0 N–H and O–H groups in total. The van der Waals surface area contributed by atoms with Gasteiger partial charge in [-0.05, 0) is 37.6 Å². The molecule has 0 aromatic heterocycles. The van der Waals surface area contributed by atoms with Crippen LogP contribution in [-0.2, 0) is 4.79 Å². The van der Waals surface area contributed by atoms with E-state index in [9.17, 15) is 39.9 Å². The van der Waals surface area contributed by atoms with E-state index in [-0.39, 0.29) is 40.0 Å². The number of ether oxygens (including phenoxy) is 2. The molecule has 3 rings (SSSR count). The number of nitrogens with zero attached hydrogens (tertiary/aromatic N) is 2. The van der Waals surface area contributed by atoms with Gasteiger partial charge in [-0.25, -0.2) is 22.0 Å². The summed E-state index contributed by atoms with van der Waals surface area (Å²) in [5.41, 5.74) is -1.74. The van der Waals surface area contributed by atoms with Crippen molar-refractivity contribution >= 4 is 23.4 Å². The number of carbonyl (C=O) groups is 1. The van der Waals surface area contributed by atoms with Gasteiger partial charge in [0.2, 0.25) is 5.82 Å². The largest absolute Gasteiger partial charge is 0.490 e. The van der Waals surface area contributed by atoms with Gasteiger partial charge in [0, 0.05) is 0 Å². The Bertz CT molecular complexity index is 1180. The number of hydrazone groups is 1. The second kappa shape index (κ2) is 9.31. The number of alkyl halides is 3. The molecule has 0 unspecified atom stereocenters. The summed E-state index contributed by atoms with van der Waals surface area (Å²) in [5.74, 6) is -12.9. The Hall–Kier alpha value is -3.64. The first-order valence-electron chi connectivity index (χ1n) is 9.45. The van der Waals surface area contributed by atoms with Gasteiger partial charge in [-0.3, -0.25) is 4.79 Å². The summed E-state index contributed by atoms with van der Waals surface area (Å²) in [6.07, 6.45) is -3.44. The van der Waals surface area contributed by atoms with Crippen molar-refractivity contribution in [3.63, 3.8) is 0 Å². The molecule has 1 aliphatic rings. The maximum Gasteiger partial charge on any atom is 0.422 e. The molecule has 13 heteroatoms. The van der Waals surface area contributed by atoms with Crippen LogP contribution in [0, 0.1) is 29.1 Å². The molecule has 1 amide bonds. The topological polar surface area (TPSA) is 51.1 Å². The normalized spacial score (nSPS) is 15.2. The monoisotopic (exact) mass is 494 g/mol. The molecule has 0 bridgehead atoms. The standard InChI is InChI=1S/C21H14F8N2O3/c1-3-33-13-7-10(4-5-12(13)34-8-21(27,28)29)6-11-9(2)30-31(20(11)32)19-17(25)15(23)14(22)16(24)18(19)26/h4-7H,3,8H2,1-2H3/b11-6+.